The van der Waals surface area contributed by atoms with Crippen molar-refractivity contribution in [1.29, 1.82) is 0 Å². The molecule has 0 amide bonds. The molecule has 3 rings (SSSR count). The first-order valence-electron chi connectivity index (χ1n) is 4.39. The van der Waals surface area contributed by atoms with Gasteiger partial charge in [0.15, 0.2) is 0 Å². The highest BCUT2D eigenvalue weighted by Crippen LogP contribution is 2.59. The van der Waals surface area contributed by atoms with E-state index in [0.29, 0.717) is 11.5 Å². The van der Waals surface area contributed by atoms with Gasteiger partial charge in [-0.05, 0) is 12.8 Å². The van der Waals surface area contributed by atoms with Gasteiger partial charge in [0, 0.05) is 36.0 Å². The Morgan fingerprint density at radius 3 is 2.58 bits per heavy atom. The van der Waals surface area contributed by atoms with E-state index in [4.69, 9.17) is 0 Å². The van der Waals surface area contributed by atoms with Crippen molar-refractivity contribution in [3.63, 3.8) is 0 Å². The topological polar surface area (TPSA) is 37.8 Å². The van der Waals surface area contributed by atoms with Crippen LogP contribution in [0.1, 0.15) is 24.4 Å². The number of rotatable bonds is 1. The normalized spacial score (nSPS) is 29.8. The van der Waals surface area contributed by atoms with Crippen LogP contribution < -0.4 is 5.32 Å². The van der Waals surface area contributed by atoms with E-state index in [0.717, 1.165) is 0 Å². The minimum absolute atomic E-state index is 0.540. The van der Waals surface area contributed by atoms with E-state index in [1.54, 1.807) is 6.33 Å². The fourth-order valence-corrected chi connectivity index (χ4v) is 2.05. The second-order valence-corrected chi connectivity index (χ2v) is 3.85. The lowest BCUT2D eigenvalue weighted by Crippen LogP contribution is -2.47. The van der Waals surface area contributed by atoms with Gasteiger partial charge in [-0.2, -0.15) is 0 Å². The van der Waals surface area contributed by atoms with Crippen LogP contribution in [0.15, 0.2) is 18.7 Å². The van der Waals surface area contributed by atoms with Crippen molar-refractivity contribution in [2.75, 3.05) is 6.54 Å². The average Bonchev–Trinajstić information content (AvgIpc) is 2.85. The smallest absolute Gasteiger partial charge is 0.115 e. The maximum Gasteiger partial charge on any atom is 0.115 e. The molecule has 2 fully saturated rings. The molecular weight excluding hydrogens is 150 g/mol. The highest BCUT2D eigenvalue weighted by atomic mass is 15.1. The molecule has 62 valence electrons. The maximum absolute atomic E-state index is 4.03. The van der Waals surface area contributed by atoms with E-state index in [9.17, 15) is 0 Å². The zero-order chi connectivity index (χ0) is 8.02. The second-order valence-electron chi connectivity index (χ2n) is 3.85. The third-order valence-corrected chi connectivity index (χ3v) is 3.08. The summed E-state index contributed by atoms with van der Waals surface area (Å²) in [5.41, 5.74) is 1.85. The van der Waals surface area contributed by atoms with Crippen molar-refractivity contribution in [3.05, 3.63) is 24.3 Å². The molecule has 3 heteroatoms. The van der Waals surface area contributed by atoms with Gasteiger partial charge >= 0.3 is 0 Å². The Hall–Kier alpha value is -0.960. The molecule has 1 unspecified atom stereocenters. The SMILES string of the molecule is c1ncc(C2NCC23CC3)cn1. The summed E-state index contributed by atoms with van der Waals surface area (Å²) in [4.78, 5) is 8.06. The Balaban J connectivity index is 1.90. The minimum atomic E-state index is 0.540. The van der Waals surface area contributed by atoms with Gasteiger partial charge in [-0.3, -0.25) is 0 Å². The van der Waals surface area contributed by atoms with E-state index in [-0.39, 0.29) is 0 Å². The first kappa shape index (κ1) is 6.54. The average molecular weight is 161 g/mol. The molecule has 0 aromatic carbocycles. The number of aromatic nitrogens is 2. The van der Waals surface area contributed by atoms with Crippen molar-refractivity contribution in [1.82, 2.24) is 15.3 Å². The molecule has 0 bridgehead atoms. The lowest BCUT2D eigenvalue weighted by molar-refractivity contribution is 0.208. The summed E-state index contributed by atoms with van der Waals surface area (Å²) >= 11 is 0. The molecule has 2 heterocycles. The lowest BCUT2D eigenvalue weighted by Gasteiger charge is -2.38. The molecule has 1 saturated heterocycles. The zero-order valence-corrected chi connectivity index (χ0v) is 6.83. The van der Waals surface area contributed by atoms with Gasteiger partial charge in [-0.1, -0.05) is 0 Å². The number of hydrogen-bond acceptors (Lipinski definition) is 3. The van der Waals surface area contributed by atoms with Gasteiger partial charge in [0.05, 0.1) is 0 Å². The van der Waals surface area contributed by atoms with E-state index in [2.05, 4.69) is 15.3 Å². The van der Waals surface area contributed by atoms with Crippen LogP contribution in [0, 0.1) is 5.41 Å². The molecule has 1 saturated carbocycles. The standard InChI is InChI=1S/C9H11N3/c1-2-9(1)5-12-8(9)7-3-10-6-11-4-7/h3-4,6,8,12H,1-2,5H2. The molecule has 1 aromatic heterocycles. The predicted molar refractivity (Wildman–Crippen MR) is 44.4 cm³/mol. The predicted octanol–water partition coefficient (Wildman–Crippen LogP) is 0.901. The summed E-state index contributed by atoms with van der Waals surface area (Å²) in [6, 6.07) is 0.540. The van der Waals surface area contributed by atoms with Crippen LogP contribution in [0.2, 0.25) is 0 Å². The highest BCUT2D eigenvalue weighted by molar-refractivity contribution is 5.23. The Labute approximate surface area is 71.2 Å². The molecule has 1 atom stereocenters. The van der Waals surface area contributed by atoms with Crippen molar-refractivity contribution < 1.29 is 0 Å². The van der Waals surface area contributed by atoms with Gasteiger partial charge < -0.3 is 5.32 Å². The van der Waals surface area contributed by atoms with Gasteiger partial charge in [-0.15, -0.1) is 0 Å². The fraction of sp³-hybridized carbons (Fsp3) is 0.556. The minimum Gasteiger partial charge on any atom is -0.309 e. The molecule has 1 spiro atoms. The molecular formula is C9H11N3. The van der Waals surface area contributed by atoms with Crippen LogP contribution in [0.5, 0.6) is 0 Å². The van der Waals surface area contributed by atoms with Crippen LogP contribution in [-0.2, 0) is 0 Å². The summed E-state index contributed by atoms with van der Waals surface area (Å²) in [6.45, 7) is 1.19. The summed E-state index contributed by atoms with van der Waals surface area (Å²) in [6.07, 6.45) is 8.18. The molecule has 1 aliphatic carbocycles. The first-order chi connectivity index (χ1) is 5.91. The summed E-state index contributed by atoms with van der Waals surface area (Å²) in [5, 5.41) is 3.43. The molecule has 0 radical (unpaired) electrons. The van der Waals surface area contributed by atoms with Crippen molar-refractivity contribution in [3.8, 4) is 0 Å². The van der Waals surface area contributed by atoms with Crippen molar-refractivity contribution >= 4 is 0 Å². The molecule has 1 N–H and O–H groups in total. The van der Waals surface area contributed by atoms with E-state index in [1.165, 1.54) is 24.9 Å². The van der Waals surface area contributed by atoms with Crippen LogP contribution in [0.3, 0.4) is 0 Å². The van der Waals surface area contributed by atoms with Crippen LogP contribution >= 0.6 is 0 Å². The summed E-state index contributed by atoms with van der Waals surface area (Å²) < 4.78 is 0. The Morgan fingerprint density at radius 2 is 2.08 bits per heavy atom. The van der Waals surface area contributed by atoms with E-state index < -0.39 is 0 Å². The van der Waals surface area contributed by atoms with Gasteiger partial charge in [0.2, 0.25) is 0 Å². The van der Waals surface area contributed by atoms with Crippen LogP contribution in [0.4, 0.5) is 0 Å². The van der Waals surface area contributed by atoms with E-state index in [1.807, 2.05) is 12.4 Å². The molecule has 1 aromatic rings. The van der Waals surface area contributed by atoms with E-state index >= 15 is 0 Å². The van der Waals surface area contributed by atoms with Crippen molar-refractivity contribution in [2.24, 2.45) is 5.41 Å². The third kappa shape index (κ3) is 0.743. The third-order valence-electron chi connectivity index (χ3n) is 3.08. The molecule has 1 aliphatic heterocycles. The Bertz CT molecular complexity index is 292. The van der Waals surface area contributed by atoms with Crippen LogP contribution in [0.25, 0.3) is 0 Å². The number of nitrogens with zero attached hydrogens (tertiary/aromatic N) is 2. The molecule has 2 aliphatic rings. The Kier molecular flexibility index (Phi) is 1.11. The van der Waals surface area contributed by atoms with Crippen LogP contribution in [-0.4, -0.2) is 16.5 Å². The molecule has 12 heavy (non-hydrogen) atoms. The maximum atomic E-state index is 4.03. The fourth-order valence-electron chi connectivity index (χ4n) is 2.05. The lowest BCUT2D eigenvalue weighted by atomic mass is 9.84. The number of nitrogens with one attached hydrogen (secondary N) is 1. The largest absolute Gasteiger partial charge is 0.309 e. The zero-order valence-electron chi connectivity index (χ0n) is 6.83. The monoisotopic (exact) mass is 161 g/mol. The van der Waals surface area contributed by atoms with Crippen molar-refractivity contribution in [2.45, 2.75) is 18.9 Å². The Morgan fingerprint density at radius 1 is 1.33 bits per heavy atom. The second kappa shape index (κ2) is 2.04. The number of hydrogen-bond donors (Lipinski definition) is 1. The first-order valence-corrected chi connectivity index (χ1v) is 4.39. The quantitative estimate of drug-likeness (QED) is 0.665. The van der Waals surface area contributed by atoms with Gasteiger partial charge in [0.25, 0.3) is 0 Å². The molecule has 3 nitrogen and oxygen atoms in total. The van der Waals surface area contributed by atoms with Gasteiger partial charge in [0.1, 0.15) is 6.33 Å². The summed E-state index contributed by atoms with van der Waals surface area (Å²) in [5.74, 6) is 0. The highest BCUT2D eigenvalue weighted by Gasteiger charge is 2.56. The van der Waals surface area contributed by atoms with Gasteiger partial charge in [-0.25, -0.2) is 9.97 Å². The summed E-state index contributed by atoms with van der Waals surface area (Å²) in [7, 11) is 0.